The molecule has 3 nitrogen and oxygen atoms in total. The van der Waals surface area contributed by atoms with E-state index in [1.54, 1.807) is 0 Å². The molecule has 1 saturated heterocycles. The molecule has 1 heterocycles. The smallest absolute Gasteiger partial charge is 0.325 e. The number of halogens is 1. The first-order valence-electron chi connectivity index (χ1n) is 4.90. The van der Waals surface area contributed by atoms with Crippen LogP contribution in [-0.4, -0.2) is 18.6 Å². The van der Waals surface area contributed by atoms with Crippen LogP contribution < -0.4 is 5.32 Å². The molecular weight excluding hydrogens is 258 g/mol. The third-order valence-corrected chi connectivity index (χ3v) is 2.88. The van der Waals surface area contributed by atoms with Gasteiger partial charge >= 0.3 is 5.97 Å². The maximum absolute atomic E-state index is 11.4. The van der Waals surface area contributed by atoms with Crippen molar-refractivity contribution in [2.45, 2.75) is 19.0 Å². The number of carbonyl (C=O) groups excluding carboxylic acids is 1. The lowest BCUT2D eigenvalue weighted by Crippen LogP contribution is -2.13. The Hall–Kier alpha value is -0.870. The minimum Gasteiger partial charge on any atom is -0.465 e. The maximum atomic E-state index is 11.4. The summed E-state index contributed by atoms with van der Waals surface area (Å²) in [5, 5.41) is 3.10. The van der Waals surface area contributed by atoms with E-state index >= 15 is 0 Å². The summed E-state index contributed by atoms with van der Waals surface area (Å²) in [5.41, 5.74) is 1.12. The van der Waals surface area contributed by atoms with E-state index in [1.165, 1.54) is 0 Å². The molecule has 1 aromatic rings. The number of ether oxygens (including phenoxy) is 1. The molecule has 1 fully saturated rings. The van der Waals surface area contributed by atoms with Gasteiger partial charge in [0.05, 0.1) is 12.6 Å². The third kappa shape index (κ3) is 2.38. The fourth-order valence-corrected chi connectivity index (χ4v) is 1.80. The van der Waals surface area contributed by atoms with Crippen LogP contribution in [0.3, 0.4) is 0 Å². The molecule has 4 heteroatoms. The van der Waals surface area contributed by atoms with Crippen molar-refractivity contribution in [1.82, 2.24) is 5.32 Å². The van der Waals surface area contributed by atoms with E-state index in [1.807, 2.05) is 31.2 Å². The number of hydrogen-bond acceptors (Lipinski definition) is 3. The molecule has 0 bridgehead atoms. The molecule has 0 amide bonds. The molecule has 80 valence electrons. The van der Waals surface area contributed by atoms with Gasteiger partial charge in [0.25, 0.3) is 0 Å². The second-order valence-electron chi connectivity index (χ2n) is 3.43. The average Bonchev–Trinajstić information content (AvgIpc) is 2.99. The van der Waals surface area contributed by atoms with Gasteiger partial charge in [-0.1, -0.05) is 28.1 Å². The molecule has 0 unspecified atom stereocenters. The molecule has 0 spiro atoms. The van der Waals surface area contributed by atoms with Gasteiger partial charge in [-0.25, -0.2) is 0 Å². The lowest BCUT2D eigenvalue weighted by molar-refractivity contribution is -0.142. The molecule has 1 aliphatic heterocycles. The van der Waals surface area contributed by atoms with Crippen LogP contribution in [0, 0.1) is 0 Å². The normalized spacial score (nSPS) is 23.6. The zero-order valence-corrected chi connectivity index (χ0v) is 9.95. The van der Waals surface area contributed by atoms with Gasteiger partial charge in [-0.15, -0.1) is 0 Å². The van der Waals surface area contributed by atoms with Gasteiger partial charge in [0.15, 0.2) is 0 Å². The summed E-state index contributed by atoms with van der Waals surface area (Å²) in [7, 11) is 0. The highest BCUT2D eigenvalue weighted by molar-refractivity contribution is 9.10. The molecular formula is C11H12BrNO2. The van der Waals surface area contributed by atoms with Crippen LogP contribution in [-0.2, 0) is 9.53 Å². The second-order valence-corrected chi connectivity index (χ2v) is 4.34. The van der Waals surface area contributed by atoms with Gasteiger partial charge in [-0.3, -0.25) is 10.1 Å². The minimum absolute atomic E-state index is 0.122. The molecule has 1 aromatic carbocycles. The molecule has 0 radical (unpaired) electrons. The Balaban J connectivity index is 1.98. The summed E-state index contributed by atoms with van der Waals surface area (Å²) < 4.78 is 5.97. The quantitative estimate of drug-likeness (QED) is 0.675. The van der Waals surface area contributed by atoms with Crippen LogP contribution in [0.1, 0.15) is 18.5 Å². The molecule has 15 heavy (non-hydrogen) atoms. The first-order valence-corrected chi connectivity index (χ1v) is 5.70. The van der Waals surface area contributed by atoms with Crippen LogP contribution >= 0.6 is 15.9 Å². The van der Waals surface area contributed by atoms with Gasteiger partial charge < -0.3 is 4.74 Å². The molecule has 1 aliphatic rings. The minimum atomic E-state index is -0.162. The van der Waals surface area contributed by atoms with E-state index in [2.05, 4.69) is 21.2 Å². The van der Waals surface area contributed by atoms with Gasteiger partial charge in [0.2, 0.25) is 0 Å². The van der Waals surface area contributed by atoms with E-state index < -0.39 is 0 Å². The van der Waals surface area contributed by atoms with Gasteiger partial charge in [-0.05, 0) is 24.6 Å². The standard InChI is InChI=1S/C11H12BrNO2/c1-2-15-11(14)10-9(13-10)7-3-5-8(12)6-4-7/h3-6,9-10,13H,2H2,1H3/t9-,10-/m1/s1. The number of esters is 1. The van der Waals surface area contributed by atoms with E-state index in [0.717, 1.165) is 10.0 Å². The Kier molecular flexibility index (Phi) is 3.07. The van der Waals surface area contributed by atoms with Crippen LogP contribution in [0.2, 0.25) is 0 Å². The summed E-state index contributed by atoms with van der Waals surface area (Å²) in [6.45, 7) is 2.25. The van der Waals surface area contributed by atoms with Crippen LogP contribution in [0.25, 0.3) is 0 Å². The summed E-state index contributed by atoms with van der Waals surface area (Å²) in [5.74, 6) is -0.162. The lowest BCUT2D eigenvalue weighted by atomic mass is 10.1. The van der Waals surface area contributed by atoms with Crippen molar-refractivity contribution < 1.29 is 9.53 Å². The van der Waals surface area contributed by atoms with E-state index in [4.69, 9.17) is 4.74 Å². The Morgan fingerprint density at radius 3 is 2.73 bits per heavy atom. The highest BCUT2D eigenvalue weighted by Gasteiger charge is 2.44. The number of hydrogen-bond donors (Lipinski definition) is 1. The predicted octanol–water partition coefficient (Wildman–Crippen LogP) is 2.03. The fourth-order valence-electron chi connectivity index (χ4n) is 1.53. The zero-order valence-electron chi connectivity index (χ0n) is 8.37. The number of carbonyl (C=O) groups is 1. The van der Waals surface area contributed by atoms with Gasteiger partial charge in [0, 0.05) is 4.47 Å². The number of rotatable bonds is 3. The molecule has 0 saturated carbocycles. The third-order valence-electron chi connectivity index (χ3n) is 2.35. The molecule has 2 atom stereocenters. The first-order chi connectivity index (χ1) is 7.22. The summed E-state index contributed by atoms with van der Waals surface area (Å²) in [4.78, 5) is 11.4. The van der Waals surface area contributed by atoms with E-state index in [0.29, 0.717) is 6.61 Å². The Morgan fingerprint density at radius 2 is 2.13 bits per heavy atom. The topological polar surface area (TPSA) is 48.2 Å². The zero-order chi connectivity index (χ0) is 10.8. The van der Waals surface area contributed by atoms with Gasteiger partial charge in [-0.2, -0.15) is 0 Å². The molecule has 1 N–H and O–H groups in total. The van der Waals surface area contributed by atoms with Crippen LogP contribution in [0.15, 0.2) is 28.7 Å². The Bertz CT molecular complexity index is 363. The van der Waals surface area contributed by atoms with Crippen molar-refractivity contribution in [2.75, 3.05) is 6.61 Å². The van der Waals surface area contributed by atoms with Crippen molar-refractivity contribution in [2.24, 2.45) is 0 Å². The fraction of sp³-hybridized carbons (Fsp3) is 0.364. The van der Waals surface area contributed by atoms with Crippen molar-refractivity contribution in [3.63, 3.8) is 0 Å². The summed E-state index contributed by atoms with van der Waals surface area (Å²) in [6.07, 6.45) is 0. The Labute approximate surface area is 96.9 Å². The first kappa shape index (κ1) is 10.6. The monoisotopic (exact) mass is 269 g/mol. The summed E-state index contributed by atoms with van der Waals surface area (Å²) in [6, 6.07) is 7.90. The van der Waals surface area contributed by atoms with Gasteiger partial charge in [0.1, 0.15) is 6.04 Å². The highest BCUT2D eigenvalue weighted by Crippen LogP contribution is 2.31. The summed E-state index contributed by atoms with van der Waals surface area (Å²) >= 11 is 3.37. The number of benzene rings is 1. The molecule has 2 rings (SSSR count). The maximum Gasteiger partial charge on any atom is 0.325 e. The van der Waals surface area contributed by atoms with E-state index in [-0.39, 0.29) is 18.1 Å². The SMILES string of the molecule is CCOC(=O)[C@@H]1N[C@@H]1c1ccc(Br)cc1. The Morgan fingerprint density at radius 1 is 1.47 bits per heavy atom. The van der Waals surface area contributed by atoms with E-state index in [9.17, 15) is 4.79 Å². The van der Waals surface area contributed by atoms with Crippen molar-refractivity contribution in [3.8, 4) is 0 Å². The largest absolute Gasteiger partial charge is 0.465 e. The van der Waals surface area contributed by atoms with Crippen LogP contribution in [0.4, 0.5) is 0 Å². The molecule has 0 aliphatic carbocycles. The average molecular weight is 270 g/mol. The highest BCUT2D eigenvalue weighted by atomic mass is 79.9. The molecule has 0 aromatic heterocycles. The van der Waals surface area contributed by atoms with Crippen molar-refractivity contribution >= 4 is 21.9 Å². The van der Waals surface area contributed by atoms with Crippen molar-refractivity contribution in [1.29, 1.82) is 0 Å². The lowest BCUT2D eigenvalue weighted by Gasteiger charge is -1.99. The predicted molar refractivity (Wildman–Crippen MR) is 60.4 cm³/mol. The second kappa shape index (κ2) is 4.33. The number of nitrogens with one attached hydrogen (secondary N) is 1. The van der Waals surface area contributed by atoms with Crippen molar-refractivity contribution in [3.05, 3.63) is 34.3 Å². The van der Waals surface area contributed by atoms with Crippen LogP contribution in [0.5, 0.6) is 0 Å².